The molecule has 0 saturated carbocycles. The van der Waals surface area contributed by atoms with E-state index in [4.69, 9.17) is 4.74 Å². The fourth-order valence-corrected chi connectivity index (χ4v) is 2.75. The van der Waals surface area contributed by atoms with Crippen molar-refractivity contribution in [3.8, 4) is 0 Å². The number of anilines is 1. The van der Waals surface area contributed by atoms with Gasteiger partial charge < -0.3 is 14.7 Å². The molecule has 0 bridgehead atoms. The summed E-state index contributed by atoms with van der Waals surface area (Å²) < 4.78 is 32.6. The van der Waals surface area contributed by atoms with Crippen molar-refractivity contribution in [2.24, 2.45) is 0 Å². The SMILES string of the molecule is C[C@@]1(O)CN(c2nc(F)nc3c(F)c(Br)c([N+](=O)[O-])cc23)C=CO1. The molecule has 2 heterocycles. The molecule has 0 fully saturated rings. The van der Waals surface area contributed by atoms with Crippen LogP contribution < -0.4 is 4.90 Å². The van der Waals surface area contributed by atoms with Gasteiger partial charge in [0.1, 0.15) is 22.1 Å². The Bertz CT molecular complexity index is 890. The third-order valence-corrected chi connectivity index (χ3v) is 4.05. The first-order valence-corrected chi connectivity index (χ1v) is 7.32. The van der Waals surface area contributed by atoms with Gasteiger partial charge in [-0.3, -0.25) is 10.1 Å². The molecule has 0 radical (unpaired) electrons. The molecular formula is C13H9BrF2N4O4. The second-order valence-corrected chi connectivity index (χ2v) is 5.99. The van der Waals surface area contributed by atoms with Crippen LogP contribution in [0.25, 0.3) is 10.9 Å². The minimum absolute atomic E-state index is 0.0776. The van der Waals surface area contributed by atoms with E-state index in [0.717, 1.165) is 12.3 Å². The first kappa shape index (κ1) is 16.5. The zero-order chi connectivity index (χ0) is 17.6. The first-order chi connectivity index (χ1) is 11.2. The van der Waals surface area contributed by atoms with Crippen LogP contribution in [0.15, 0.2) is 23.0 Å². The molecule has 24 heavy (non-hydrogen) atoms. The van der Waals surface area contributed by atoms with Crippen LogP contribution >= 0.6 is 15.9 Å². The fraction of sp³-hybridized carbons (Fsp3) is 0.231. The van der Waals surface area contributed by atoms with E-state index in [2.05, 4.69) is 25.9 Å². The molecular weight excluding hydrogens is 394 g/mol. The van der Waals surface area contributed by atoms with Crippen LogP contribution in [0.2, 0.25) is 0 Å². The Labute approximate surface area is 141 Å². The van der Waals surface area contributed by atoms with E-state index in [-0.39, 0.29) is 17.7 Å². The molecule has 126 valence electrons. The number of β-amino-alcohol motifs (C(OH)–C–C–N with tert-alkyl or cyclic N) is 1. The minimum Gasteiger partial charge on any atom is -0.467 e. The standard InChI is InChI=1S/C13H9BrF2N4O4/c1-13(21)5-19(2-3-24-13)11-6-4-7(20(22)23)8(14)9(15)10(6)17-12(16)18-11/h2-4,21H,5H2,1H3/t13-/m0/s1. The van der Waals surface area contributed by atoms with Crippen molar-refractivity contribution in [2.75, 3.05) is 11.4 Å². The smallest absolute Gasteiger partial charge is 0.311 e. The Morgan fingerprint density at radius 2 is 2.21 bits per heavy atom. The molecule has 1 aromatic carbocycles. The number of aromatic nitrogens is 2. The Morgan fingerprint density at radius 3 is 2.83 bits per heavy atom. The van der Waals surface area contributed by atoms with E-state index >= 15 is 0 Å². The summed E-state index contributed by atoms with van der Waals surface area (Å²) in [5, 5.41) is 21.0. The topological polar surface area (TPSA) is 102 Å². The molecule has 0 saturated heterocycles. The highest BCUT2D eigenvalue weighted by atomic mass is 79.9. The quantitative estimate of drug-likeness (QED) is 0.467. The highest BCUT2D eigenvalue weighted by Gasteiger charge is 2.31. The van der Waals surface area contributed by atoms with Crippen LogP contribution in [0.3, 0.4) is 0 Å². The van der Waals surface area contributed by atoms with Crippen molar-refractivity contribution in [1.82, 2.24) is 9.97 Å². The highest BCUT2D eigenvalue weighted by Crippen LogP contribution is 2.37. The zero-order valence-electron chi connectivity index (χ0n) is 12.0. The predicted molar refractivity (Wildman–Crippen MR) is 82.0 cm³/mol. The van der Waals surface area contributed by atoms with Crippen LogP contribution in [0.5, 0.6) is 0 Å². The van der Waals surface area contributed by atoms with Crippen LogP contribution in [0.4, 0.5) is 20.3 Å². The van der Waals surface area contributed by atoms with Crippen LogP contribution in [0, 0.1) is 22.0 Å². The number of aliphatic hydroxyl groups is 1. The maximum absolute atomic E-state index is 14.4. The number of rotatable bonds is 2. The van der Waals surface area contributed by atoms with Gasteiger partial charge in [-0.2, -0.15) is 14.4 Å². The van der Waals surface area contributed by atoms with Gasteiger partial charge in [0.25, 0.3) is 5.69 Å². The number of fused-ring (bicyclic) bond motifs is 1. The Balaban J connectivity index is 2.30. The summed E-state index contributed by atoms with van der Waals surface area (Å²) in [4.78, 5) is 18.5. The van der Waals surface area contributed by atoms with Crippen molar-refractivity contribution in [3.05, 3.63) is 45.0 Å². The highest BCUT2D eigenvalue weighted by molar-refractivity contribution is 9.10. The normalized spacial score (nSPS) is 20.3. The number of hydrogen-bond acceptors (Lipinski definition) is 7. The summed E-state index contributed by atoms with van der Waals surface area (Å²) in [6, 6.07) is 1.04. The molecule has 8 nitrogen and oxygen atoms in total. The monoisotopic (exact) mass is 402 g/mol. The molecule has 1 N–H and O–H groups in total. The van der Waals surface area contributed by atoms with Crippen molar-refractivity contribution >= 4 is 38.3 Å². The van der Waals surface area contributed by atoms with E-state index in [1.165, 1.54) is 18.0 Å². The Hall–Kier alpha value is -2.40. The first-order valence-electron chi connectivity index (χ1n) is 6.53. The van der Waals surface area contributed by atoms with Crippen LogP contribution in [0.1, 0.15) is 6.92 Å². The molecule has 1 atom stereocenters. The lowest BCUT2D eigenvalue weighted by molar-refractivity contribution is -0.385. The number of nitro benzene ring substituents is 1. The largest absolute Gasteiger partial charge is 0.467 e. The van der Waals surface area contributed by atoms with Crippen LogP contribution in [-0.2, 0) is 4.74 Å². The minimum atomic E-state index is -1.59. The van der Waals surface area contributed by atoms with Crippen molar-refractivity contribution in [2.45, 2.75) is 12.7 Å². The number of hydrogen-bond donors (Lipinski definition) is 1. The summed E-state index contributed by atoms with van der Waals surface area (Å²) in [6.45, 7) is 1.21. The van der Waals surface area contributed by atoms with E-state index in [1.54, 1.807) is 0 Å². The molecule has 2 aromatic rings. The second kappa shape index (κ2) is 5.60. The summed E-state index contributed by atoms with van der Waals surface area (Å²) in [5.41, 5.74) is -0.977. The van der Waals surface area contributed by atoms with Gasteiger partial charge >= 0.3 is 6.08 Å². The number of nitrogens with zero attached hydrogens (tertiary/aromatic N) is 4. The van der Waals surface area contributed by atoms with E-state index in [0.29, 0.717) is 0 Å². The molecule has 11 heteroatoms. The fourth-order valence-electron chi connectivity index (χ4n) is 2.30. The molecule has 0 amide bonds. The average molecular weight is 403 g/mol. The third-order valence-electron chi connectivity index (χ3n) is 3.30. The average Bonchev–Trinajstić information content (AvgIpc) is 2.49. The number of benzene rings is 1. The zero-order valence-corrected chi connectivity index (χ0v) is 13.6. The number of halogens is 3. The molecule has 0 unspecified atom stereocenters. The predicted octanol–water partition coefficient (Wildman–Crippen LogP) is 2.60. The molecule has 0 aliphatic carbocycles. The summed E-state index contributed by atoms with van der Waals surface area (Å²) in [5.74, 6) is -2.81. The lowest BCUT2D eigenvalue weighted by atomic mass is 10.1. The van der Waals surface area contributed by atoms with Gasteiger partial charge in [0.2, 0.25) is 5.79 Å². The van der Waals surface area contributed by atoms with Crippen molar-refractivity contribution < 1.29 is 23.5 Å². The van der Waals surface area contributed by atoms with Crippen molar-refractivity contribution in [1.29, 1.82) is 0 Å². The second-order valence-electron chi connectivity index (χ2n) is 5.20. The maximum Gasteiger partial charge on any atom is 0.311 e. The van der Waals surface area contributed by atoms with E-state index in [9.17, 15) is 24.0 Å². The van der Waals surface area contributed by atoms with E-state index in [1.807, 2.05) is 0 Å². The summed E-state index contributed by atoms with van der Waals surface area (Å²) >= 11 is 2.78. The van der Waals surface area contributed by atoms with Gasteiger partial charge in [-0.15, -0.1) is 0 Å². The number of ether oxygens (including phenoxy) is 1. The van der Waals surface area contributed by atoms with Gasteiger partial charge in [-0.05, 0) is 15.9 Å². The molecule has 1 aliphatic heterocycles. The third kappa shape index (κ3) is 2.76. The van der Waals surface area contributed by atoms with Gasteiger partial charge in [0.15, 0.2) is 5.82 Å². The molecule has 0 spiro atoms. The molecule has 1 aliphatic rings. The molecule has 1 aromatic heterocycles. The van der Waals surface area contributed by atoms with Gasteiger partial charge in [-0.1, -0.05) is 0 Å². The summed E-state index contributed by atoms with van der Waals surface area (Å²) in [6.07, 6.45) is 1.28. The number of nitro groups is 1. The molecule has 3 rings (SSSR count). The Kier molecular flexibility index (Phi) is 3.84. The van der Waals surface area contributed by atoms with Gasteiger partial charge in [0, 0.05) is 19.2 Å². The maximum atomic E-state index is 14.4. The van der Waals surface area contributed by atoms with Gasteiger partial charge in [0.05, 0.1) is 16.9 Å². The Morgan fingerprint density at radius 1 is 1.50 bits per heavy atom. The van der Waals surface area contributed by atoms with Crippen molar-refractivity contribution in [3.63, 3.8) is 0 Å². The van der Waals surface area contributed by atoms with E-state index < -0.39 is 38.3 Å². The lowest BCUT2D eigenvalue weighted by Gasteiger charge is -2.33. The lowest BCUT2D eigenvalue weighted by Crippen LogP contribution is -2.43. The van der Waals surface area contributed by atoms with Gasteiger partial charge in [-0.25, -0.2) is 4.39 Å². The summed E-state index contributed by atoms with van der Waals surface area (Å²) in [7, 11) is 0. The van der Waals surface area contributed by atoms with Crippen LogP contribution in [-0.4, -0.2) is 32.3 Å².